The molecule has 0 aliphatic carbocycles. The van der Waals surface area contributed by atoms with Crippen molar-refractivity contribution in [3.63, 3.8) is 0 Å². The Labute approximate surface area is 123 Å². The van der Waals surface area contributed by atoms with Crippen molar-refractivity contribution >= 4 is 11.6 Å². The third kappa shape index (κ3) is 3.85. The first kappa shape index (κ1) is 15.1. The fraction of sp³-hybridized carbons (Fsp3) is 0.222. The smallest absolute Gasteiger partial charge is 0.163 e. The minimum Gasteiger partial charge on any atom is -0.294 e. The maximum Gasteiger partial charge on any atom is 0.163 e. The number of halogens is 1. The van der Waals surface area contributed by atoms with E-state index in [1.165, 1.54) is 18.2 Å². The normalized spacial score (nSPS) is 10.4. The molecular weight excluding hydrogens is 267 g/mol. The van der Waals surface area contributed by atoms with E-state index in [-0.39, 0.29) is 24.4 Å². The summed E-state index contributed by atoms with van der Waals surface area (Å²) in [5.41, 5.74) is 3.10. The second-order valence-electron chi connectivity index (χ2n) is 5.16. The average Bonchev–Trinajstić information content (AvgIpc) is 2.47. The van der Waals surface area contributed by atoms with Gasteiger partial charge in [-0.1, -0.05) is 24.3 Å². The van der Waals surface area contributed by atoms with Gasteiger partial charge >= 0.3 is 0 Å². The van der Waals surface area contributed by atoms with Gasteiger partial charge in [0.05, 0.1) is 0 Å². The fourth-order valence-corrected chi connectivity index (χ4v) is 2.09. The van der Waals surface area contributed by atoms with Gasteiger partial charge in [0, 0.05) is 24.0 Å². The Hall–Kier alpha value is -2.29. The van der Waals surface area contributed by atoms with Gasteiger partial charge in [-0.2, -0.15) is 0 Å². The molecule has 0 heterocycles. The van der Waals surface area contributed by atoms with Crippen molar-refractivity contribution in [1.29, 1.82) is 0 Å². The quantitative estimate of drug-likeness (QED) is 0.768. The number of carbonyl (C=O) groups is 2. The molecule has 0 radical (unpaired) electrons. The van der Waals surface area contributed by atoms with E-state index < -0.39 is 5.82 Å². The Morgan fingerprint density at radius 1 is 0.857 bits per heavy atom. The summed E-state index contributed by atoms with van der Waals surface area (Å²) in [4.78, 5) is 24.0. The van der Waals surface area contributed by atoms with Crippen molar-refractivity contribution in [2.45, 2.75) is 26.7 Å². The first-order valence-corrected chi connectivity index (χ1v) is 6.86. The molecule has 3 heteroatoms. The Morgan fingerprint density at radius 2 is 1.48 bits per heavy atom. The van der Waals surface area contributed by atoms with Crippen molar-refractivity contribution in [2.24, 2.45) is 0 Å². The molecule has 0 fully saturated rings. The summed E-state index contributed by atoms with van der Waals surface area (Å²) in [7, 11) is 0. The largest absolute Gasteiger partial charge is 0.294 e. The summed E-state index contributed by atoms with van der Waals surface area (Å²) in [6, 6.07) is 11.1. The minimum absolute atomic E-state index is 0.0668. The van der Waals surface area contributed by atoms with Crippen LogP contribution in [0.1, 0.15) is 44.7 Å². The molecule has 2 aromatic rings. The third-order valence-electron chi connectivity index (χ3n) is 3.55. The summed E-state index contributed by atoms with van der Waals surface area (Å²) in [6.07, 6.45) is 0.229. The second kappa shape index (κ2) is 6.44. The van der Waals surface area contributed by atoms with Gasteiger partial charge in [-0.3, -0.25) is 9.59 Å². The first-order chi connectivity index (χ1) is 9.97. The Bertz CT molecular complexity index is 689. The van der Waals surface area contributed by atoms with Crippen LogP contribution in [0.4, 0.5) is 4.39 Å². The SMILES string of the molecule is Cc1ccc(C(=O)CCC(=O)c2cccc(F)c2)cc1C. The Morgan fingerprint density at radius 3 is 2.05 bits per heavy atom. The number of hydrogen-bond donors (Lipinski definition) is 0. The van der Waals surface area contributed by atoms with Crippen LogP contribution in [0, 0.1) is 19.7 Å². The van der Waals surface area contributed by atoms with E-state index >= 15 is 0 Å². The highest BCUT2D eigenvalue weighted by molar-refractivity contribution is 6.02. The molecule has 21 heavy (non-hydrogen) atoms. The molecule has 0 saturated heterocycles. The molecule has 2 aromatic carbocycles. The molecule has 0 amide bonds. The van der Waals surface area contributed by atoms with Crippen molar-refractivity contribution in [3.05, 3.63) is 70.5 Å². The topological polar surface area (TPSA) is 34.1 Å². The molecule has 0 N–H and O–H groups in total. The van der Waals surface area contributed by atoms with Crippen LogP contribution < -0.4 is 0 Å². The maximum atomic E-state index is 13.1. The molecule has 0 aromatic heterocycles. The lowest BCUT2D eigenvalue weighted by Gasteiger charge is -2.05. The van der Waals surface area contributed by atoms with E-state index in [1.807, 2.05) is 26.0 Å². The lowest BCUT2D eigenvalue weighted by atomic mass is 9.99. The number of ketones is 2. The molecule has 0 aliphatic rings. The van der Waals surface area contributed by atoms with Crippen LogP contribution in [-0.2, 0) is 0 Å². The molecular formula is C18H17FO2. The van der Waals surface area contributed by atoms with Crippen LogP contribution in [0.3, 0.4) is 0 Å². The highest BCUT2D eigenvalue weighted by atomic mass is 19.1. The highest BCUT2D eigenvalue weighted by Gasteiger charge is 2.12. The summed E-state index contributed by atoms with van der Waals surface area (Å²) >= 11 is 0. The van der Waals surface area contributed by atoms with Crippen LogP contribution in [0.5, 0.6) is 0 Å². The molecule has 108 valence electrons. The van der Waals surface area contributed by atoms with Gasteiger partial charge in [0.1, 0.15) is 5.82 Å². The molecule has 0 unspecified atom stereocenters. The van der Waals surface area contributed by atoms with Crippen LogP contribution in [0.2, 0.25) is 0 Å². The zero-order valence-electron chi connectivity index (χ0n) is 12.2. The van der Waals surface area contributed by atoms with Gasteiger partial charge in [-0.25, -0.2) is 4.39 Å². The summed E-state index contributed by atoms with van der Waals surface area (Å²) in [5.74, 6) is -0.726. The number of carbonyl (C=O) groups excluding carboxylic acids is 2. The molecule has 0 spiro atoms. The number of aryl methyl sites for hydroxylation is 2. The third-order valence-corrected chi connectivity index (χ3v) is 3.55. The van der Waals surface area contributed by atoms with E-state index in [1.54, 1.807) is 12.1 Å². The molecule has 2 rings (SSSR count). The number of rotatable bonds is 5. The Balaban J connectivity index is 2.00. The number of benzene rings is 2. The highest BCUT2D eigenvalue weighted by Crippen LogP contribution is 2.14. The van der Waals surface area contributed by atoms with Gasteiger partial charge < -0.3 is 0 Å². The van der Waals surface area contributed by atoms with Gasteiger partial charge in [-0.05, 0) is 43.2 Å². The summed E-state index contributed by atoms with van der Waals surface area (Å²) in [6.45, 7) is 3.93. The van der Waals surface area contributed by atoms with Crippen LogP contribution in [0.15, 0.2) is 42.5 Å². The van der Waals surface area contributed by atoms with E-state index in [9.17, 15) is 14.0 Å². The number of hydrogen-bond acceptors (Lipinski definition) is 2. The van der Waals surface area contributed by atoms with E-state index in [0.29, 0.717) is 11.1 Å². The zero-order valence-corrected chi connectivity index (χ0v) is 12.2. The van der Waals surface area contributed by atoms with Crippen LogP contribution >= 0.6 is 0 Å². The van der Waals surface area contributed by atoms with Crippen LogP contribution in [-0.4, -0.2) is 11.6 Å². The second-order valence-corrected chi connectivity index (χ2v) is 5.16. The standard InChI is InChI=1S/C18H17FO2/c1-12-6-7-15(10-13(12)2)18(21)9-8-17(20)14-4-3-5-16(19)11-14/h3-7,10-11H,8-9H2,1-2H3. The summed E-state index contributed by atoms with van der Waals surface area (Å²) in [5, 5.41) is 0. The van der Waals surface area contributed by atoms with Gasteiger partial charge in [-0.15, -0.1) is 0 Å². The molecule has 0 aliphatic heterocycles. The lowest BCUT2D eigenvalue weighted by Crippen LogP contribution is -2.06. The predicted octanol–water partition coefficient (Wildman–Crippen LogP) is 4.29. The molecule has 0 atom stereocenters. The average molecular weight is 284 g/mol. The minimum atomic E-state index is -0.443. The van der Waals surface area contributed by atoms with Gasteiger partial charge in [0.15, 0.2) is 11.6 Å². The summed E-state index contributed by atoms with van der Waals surface area (Å²) < 4.78 is 13.1. The maximum absolute atomic E-state index is 13.1. The molecule has 0 bridgehead atoms. The fourth-order valence-electron chi connectivity index (χ4n) is 2.09. The predicted molar refractivity (Wildman–Crippen MR) is 80.2 cm³/mol. The Kier molecular flexibility index (Phi) is 4.63. The lowest BCUT2D eigenvalue weighted by molar-refractivity contribution is 0.0917. The molecule has 2 nitrogen and oxygen atoms in total. The van der Waals surface area contributed by atoms with Gasteiger partial charge in [0.2, 0.25) is 0 Å². The van der Waals surface area contributed by atoms with Crippen molar-refractivity contribution in [3.8, 4) is 0 Å². The monoisotopic (exact) mass is 284 g/mol. The van der Waals surface area contributed by atoms with E-state index in [4.69, 9.17) is 0 Å². The van der Waals surface area contributed by atoms with Crippen molar-refractivity contribution in [2.75, 3.05) is 0 Å². The van der Waals surface area contributed by atoms with E-state index in [0.717, 1.165) is 11.1 Å². The van der Waals surface area contributed by atoms with Gasteiger partial charge in [0.25, 0.3) is 0 Å². The first-order valence-electron chi connectivity index (χ1n) is 6.86. The number of Topliss-reactive ketones (excluding diaryl/α,β-unsaturated/α-hetero) is 2. The van der Waals surface area contributed by atoms with Crippen molar-refractivity contribution in [1.82, 2.24) is 0 Å². The molecule has 0 saturated carbocycles. The van der Waals surface area contributed by atoms with Crippen LogP contribution in [0.25, 0.3) is 0 Å². The zero-order chi connectivity index (χ0) is 15.4. The van der Waals surface area contributed by atoms with E-state index in [2.05, 4.69) is 0 Å². The van der Waals surface area contributed by atoms with Crippen molar-refractivity contribution < 1.29 is 14.0 Å².